The highest BCUT2D eigenvalue weighted by molar-refractivity contribution is 6.34. The molecule has 0 unspecified atom stereocenters. The summed E-state index contributed by atoms with van der Waals surface area (Å²) in [5.74, 6) is 0.233. The number of halogens is 2. The number of nitrogens with zero attached hydrogens (tertiary/aromatic N) is 3. The van der Waals surface area contributed by atoms with Crippen LogP contribution in [0.1, 0.15) is 31.3 Å². The number of fused-ring (bicyclic) bond motifs is 1. The quantitative estimate of drug-likeness (QED) is 0.610. The highest BCUT2D eigenvalue weighted by Gasteiger charge is 2.27. The number of pyridine rings is 1. The average Bonchev–Trinajstić information content (AvgIpc) is 3.03. The molecule has 0 aliphatic heterocycles. The Balaban J connectivity index is 1.79. The van der Waals surface area contributed by atoms with Crippen LogP contribution in [0.3, 0.4) is 0 Å². The number of hydrogen-bond donors (Lipinski definition) is 2. The van der Waals surface area contributed by atoms with Crippen LogP contribution < -0.4 is 11.1 Å². The molecule has 0 aliphatic rings. The van der Waals surface area contributed by atoms with Crippen LogP contribution in [-0.4, -0.2) is 32.7 Å². The summed E-state index contributed by atoms with van der Waals surface area (Å²) in [6.45, 7) is 3.71. The fourth-order valence-electron chi connectivity index (χ4n) is 2.61. The Morgan fingerprint density at radius 1 is 1.25 bits per heavy atom. The molecule has 3 N–H and O–H groups in total. The van der Waals surface area contributed by atoms with Crippen LogP contribution >= 0.6 is 23.2 Å². The molecule has 1 aromatic carbocycles. The molecule has 0 fully saturated rings. The number of ether oxygens (including phenoxy) is 1. The van der Waals surface area contributed by atoms with Gasteiger partial charge in [0, 0.05) is 16.2 Å². The molecule has 3 aromatic rings. The molecule has 9 heteroatoms. The van der Waals surface area contributed by atoms with Crippen LogP contribution in [0.4, 0.5) is 0 Å². The molecular weight excluding hydrogens is 401 g/mol. The maximum atomic E-state index is 12.4. The summed E-state index contributed by atoms with van der Waals surface area (Å²) >= 11 is 12.0. The maximum absolute atomic E-state index is 12.4. The predicted octanol–water partition coefficient (Wildman–Crippen LogP) is 3.15. The number of rotatable bonds is 7. The fraction of sp³-hybridized carbons (Fsp3) is 0.316. The van der Waals surface area contributed by atoms with E-state index in [1.807, 2.05) is 24.4 Å². The monoisotopic (exact) mass is 421 g/mol. The number of carbonyl (C=O) groups excluding carboxylic acids is 1. The van der Waals surface area contributed by atoms with Crippen molar-refractivity contribution in [1.82, 2.24) is 19.9 Å². The maximum Gasteiger partial charge on any atom is 0.240 e. The van der Waals surface area contributed by atoms with Crippen LogP contribution in [0, 0.1) is 0 Å². The molecule has 28 heavy (non-hydrogen) atoms. The fourth-order valence-corrected chi connectivity index (χ4v) is 3.18. The number of hydrogen-bond acceptors (Lipinski definition) is 5. The summed E-state index contributed by atoms with van der Waals surface area (Å²) < 4.78 is 7.62. The second-order valence-electron chi connectivity index (χ2n) is 7.03. The Hall–Kier alpha value is -2.19. The summed E-state index contributed by atoms with van der Waals surface area (Å²) in [5, 5.41) is 12.3. The summed E-state index contributed by atoms with van der Waals surface area (Å²) in [7, 11) is 0. The van der Waals surface area contributed by atoms with Crippen molar-refractivity contribution < 1.29 is 9.53 Å². The first-order chi connectivity index (χ1) is 13.2. The summed E-state index contributed by atoms with van der Waals surface area (Å²) in [5.41, 5.74) is 6.38. The van der Waals surface area contributed by atoms with Crippen molar-refractivity contribution in [2.75, 3.05) is 6.61 Å². The predicted molar refractivity (Wildman–Crippen MR) is 108 cm³/mol. The van der Waals surface area contributed by atoms with Gasteiger partial charge in [0.05, 0.1) is 18.8 Å². The Labute approximate surface area is 172 Å². The van der Waals surface area contributed by atoms with Gasteiger partial charge in [-0.3, -0.25) is 9.20 Å². The third-order valence-corrected chi connectivity index (χ3v) is 4.45. The van der Waals surface area contributed by atoms with E-state index in [1.54, 1.807) is 36.4 Å². The van der Waals surface area contributed by atoms with E-state index in [-0.39, 0.29) is 19.1 Å². The zero-order valence-corrected chi connectivity index (χ0v) is 17.0. The van der Waals surface area contributed by atoms with Crippen molar-refractivity contribution in [3.63, 3.8) is 0 Å². The first kappa shape index (κ1) is 20.5. The zero-order chi connectivity index (χ0) is 20.3. The minimum Gasteiger partial charge on any atom is -0.374 e. The van der Waals surface area contributed by atoms with Crippen molar-refractivity contribution in [3.05, 3.63) is 64.0 Å². The summed E-state index contributed by atoms with van der Waals surface area (Å²) in [4.78, 5) is 12.4. The molecule has 0 saturated carbocycles. The molecule has 148 valence electrons. The van der Waals surface area contributed by atoms with Gasteiger partial charge >= 0.3 is 0 Å². The van der Waals surface area contributed by atoms with Crippen molar-refractivity contribution in [2.45, 2.75) is 32.0 Å². The summed E-state index contributed by atoms with van der Waals surface area (Å²) in [6.07, 6.45) is 1.83. The molecule has 0 radical (unpaired) electrons. The Kier molecular flexibility index (Phi) is 6.20. The molecule has 0 aliphatic carbocycles. The largest absolute Gasteiger partial charge is 0.374 e. The molecule has 1 amide bonds. The van der Waals surface area contributed by atoms with E-state index in [9.17, 15) is 4.79 Å². The third kappa shape index (κ3) is 4.99. The molecule has 0 bridgehead atoms. The molecular formula is C19H21Cl2N5O2. The lowest BCUT2D eigenvalue weighted by Crippen LogP contribution is -2.50. The van der Waals surface area contributed by atoms with Gasteiger partial charge < -0.3 is 15.8 Å². The highest BCUT2D eigenvalue weighted by Crippen LogP contribution is 2.20. The zero-order valence-electron chi connectivity index (χ0n) is 15.5. The lowest BCUT2D eigenvalue weighted by molar-refractivity contribution is -0.126. The van der Waals surface area contributed by atoms with Crippen molar-refractivity contribution in [1.29, 1.82) is 0 Å². The van der Waals surface area contributed by atoms with Gasteiger partial charge in [0.25, 0.3) is 0 Å². The second-order valence-corrected chi connectivity index (χ2v) is 7.90. The van der Waals surface area contributed by atoms with Crippen molar-refractivity contribution in [3.8, 4) is 0 Å². The lowest BCUT2D eigenvalue weighted by atomic mass is 10.1. The van der Waals surface area contributed by atoms with Crippen LogP contribution in [0.2, 0.25) is 10.0 Å². The number of amides is 1. The first-order valence-electron chi connectivity index (χ1n) is 8.66. The third-order valence-electron chi connectivity index (χ3n) is 4.02. The van der Waals surface area contributed by atoms with Gasteiger partial charge in [0.1, 0.15) is 6.04 Å². The molecule has 0 spiro atoms. The topological polar surface area (TPSA) is 94.5 Å². The lowest BCUT2D eigenvalue weighted by Gasteiger charge is -2.23. The van der Waals surface area contributed by atoms with Gasteiger partial charge in [0.15, 0.2) is 11.5 Å². The van der Waals surface area contributed by atoms with Crippen LogP contribution in [-0.2, 0) is 16.1 Å². The van der Waals surface area contributed by atoms with E-state index in [4.69, 9.17) is 33.7 Å². The molecule has 2 heterocycles. The Morgan fingerprint density at radius 3 is 2.64 bits per heavy atom. The Morgan fingerprint density at radius 2 is 1.96 bits per heavy atom. The van der Waals surface area contributed by atoms with Gasteiger partial charge in [-0.05, 0) is 49.7 Å². The van der Waals surface area contributed by atoms with Gasteiger partial charge in [-0.25, -0.2) is 0 Å². The number of nitrogens with two attached hydrogens (primary N) is 1. The van der Waals surface area contributed by atoms with Gasteiger partial charge in [-0.1, -0.05) is 29.3 Å². The van der Waals surface area contributed by atoms with E-state index >= 15 is 0 Å². The van der Waals surface area contributed by atoms with Crippen LogP contribution in [0.5, 0.6) is 0 Å². The van der Waals surface area contributed by atoms with Gasteiger partial charge in [0.2, 0.25) is 5.91 Å². The normalized spacial score (nSPS) is 12.9. The molecule has 1 atom stereocenters. The van der Waals surface area contributed by atoms with Gasteiger partial charge in [-0.2, -0.15) is 0 Å². The standard InChI is InChI=1S/C19H21Cl2N5O2/c1-19(2,22)18(27)23-15(17-25-24-16-5-3-4-6-26(16)17)11-28-10-12-7-13(20)9-14(21)8-12/h3-9,15H,10-11,22H2,1-2H3,(H,23,27)/t15-/m1/s1. The first-order valence-corrected chi connectivity index (χ1v) is 9.42. The van der Waals surface area contributed by atoms with E-state index < -0.39 is 11.6 Å². The number of nitrogens with one attached hydrogen (secondary N) is 1. The SMILES string of the molecule is CC(C)(N)C(=O)N[C@H](COCc1cc(Cl)cc(Cl)c1)c1nnc2ccccn12. The van der Waals surface area contributed by atoms with Crippen molar-refractivity contribution in [2.24, 2.45) is 5.73 Å². The van der Waals surface area contributed by atoms with Crippen LogP contribution in [0.15, 0.2) is 42.6 Å². The van der Waals surface area contributed by atoms with E-state index in [1.165, 1.54) is 0 Å². The summed E-state index contributed by atoms with van der Waals surface area (Å²) in [6, 6.07) is 10.2. The minimum atomic E-state index is -1.04. The second kappa shape index (κ2) is 8.45. The number of carbonyl (C=O) groups is 1. The van der Waals surface area contributed by atoms with E-state index in [0.29, 0.717) is 21.5 Å². The van der Waals surface area contributed by atoms with Crippen LogP contribution in [0.25, 0.3) is 5.65 Å². The molecule has 2 aromatic heterocycles. The number of aromatic nitrogens is 3. The minimum absolute atomic E-state index is 0.168. The molecule has 3 rings (SSSR count). The van der Waals surface area contributed by atoms with Crippen molar-refractivity contribution >= 4 is 34.8 Å². The smallest absolute Gasteiger partial charge is 0.240 e. The molecule has 7 nitrogen and oxygen atoms in total. The average molecular weight is 422 g/mol. The molecule has 0 saturated heterocycles. The van der Waals surface area contributed by atoms with E-state index in [2.05, 4.69) is 15.5 Å². The highest BCUT2D eigenvalue weighted by atomic mass is 35.5. The number of benzene rings is 1. The Bertz CT molecular complexity index is 964. The van der Waals surface area contributed by atoms with Gasteiger partial charge in [-0.15, -0.1) is 10.2 Å². The van der Waals surface area contributed by atoms with E-state index in [0.717, 1.165) is 5.56 Å².